The van der Waals surface area contributed by atoms with Gasteiger partial charge in [0.25, 0.3) is 0 Å². The molecule has 1 fully saturated rings. The number of rotatable bonds is 1. The number of anilines is 1. The molecule has 1 saturated heterocycles. The summed E-state index contributed by atoms with van der Waals surface area (Å²) < 4.78 is 7.26. The zero-order valence-corrected chi connectivity index (χ0v) is 19.1. The summed E-state index contributed by atoms with van der Waals surface area (Å²) in [6.07, 6.45) is 6.97. The second kappa shape index (κ2) is 8.54. The molecule has 0 unspecified atom stereocenters. The Kier molecular flexibility index (Phi) is 5.79. The lowest BCUT2D eigenvalue weighted by Crippen LogP contribution is -2.41. The fourth-order valence-electron chi connectivity index (χ4n) is 3.82. The maximum Gasteiger partial charge on any atom is 0.410 e. The van der Waals surface area contributed by atoms with Crippen LogP contribution in [0.2, 0.25) is 0 Å². The average molecular weight is 432 g/mol. The number of ether oxygens (including phenoxy) is 1. The van der Waals surface area contributed by atoms with Crippen molar-refractivity contribution in [3.05, 3.63) is 42.4 Å². The minimum Gasteiger partial charge on any atom is -0.444 e. The number of aryl methyl sites for hydroxylation is 1. The first kappa shape index (κ1) is 21.7. The summed E-state index contributed by atoms with van der Waals surface area (Å²) in [5.41, 5.74) is 8.58. The van der Waals surface area contributed by atoms with Crippen molar-refractivity contribution in [3.63, 3.8) is 0 Å². The van der Waals surface area contributed by atoms with E-state index in [0.29, 0.717) is 18.9 Å². The zero-order valence-electron chi connectivity index (χ0n) is 19.1. The number of piperidine rings is 1. The molecule has 1 amide bonds. The third-order valence-corrected chi connectivity index (χ3v) is 5.51. The Bertz CT molecular complexity index is 1200. The monoisotopic (exact) mass is 431 g/mol. The Hall–Kier alpha value is -3.53. The lowest BCUT2D eigenvalue weighted by atomic mass is 9.96. The summed E-state index contributed by atoms with van der Waals surface area (Å²) in [6.45, 7) is 6.92. The molecule has 1 aliphatic rings. The van der Waals surface area contributed by atoms with Crippen molar-refractivity contribution >= 4 is 22.7 Å². The molecular weight excluding hydrogens is 402 g/mol. The van der Waals surface area contributed by atoms with Crippen molar-refractivity contribution in [2.24, 2.45) is 13.0 Å². The number of hydrogen-bond donors (Lipinski definition) is 1. The van der Waals surface area contributed by atoms with Gasteiger partial charge in [0.05, 0.1) is 11.8 Å². The molecule has 4 rings (SSSR count). The Morgan fingerprint density at radius 1 is 1.19 bits per heavy atom. The largest absolute Gasteiger partial charge is 0.444 e. The summed E-state index contributed by atoms with van der Waals surface area (Å²) in [5.74, 6) is 7.30. The minimum absolute atomic E-state index is 0.199. The van der Waals surface area contributed by atoms with Crippen molar-refractivity contribution in [1.82, 2.24) is 19.7 Å². The molecule has 7 heteroatoms. The predicted octanol–water partition coefficient (Wildman–Crippen LogP) is 4.22. The molecule has 3 heterocycles. The molecule has 32 heavy (non-hydrogen) atoms. The fourth-order valence-corrected chi connectivity index (χ4v) is 3.82. The van der Waals surface area contributed by atoms with Gasteiger partial charge in [-0.2, -0.15) is 5.10 Å². The van der Waals surface area contributed by atoms with E-state index in [-0.39, 0.29) is 12.0 Å². The van der Waals surface area contributed by atoms with E-state index in [1.807, 2.05) is 46.3 Å². The molecule has 0 aliphatic carbocycles. The molecular formula is C25H29N5O2. The maximum atomic E-state index is 12.3. The van der Waals surface area contributed by atoms with Crippen molar-refractivity contribution in [3.8, 4) is 23.0 Å². The summed E-state index contributed by atoms with van der Waals surface area (Å²) >= 11 is 0. The molecule has 3 aromatic rings. The fraction of sp³-hybridized carbons (Fsp3) is 0.400. The maximum absolute atomic E-state index is 12.3. The van der Waals surface area contributed by atoms with Crippen LogP contribution in [0.25, 0.3) is 21.9 Å². The minimum atomic E-state index is -0.485. The lowest BCUT2D eigenvalue weighted by Gasteiger charge is -2.31. The van der Waals surface area contributed by atoms with Gasteiger partial charge in [0, 0.05) is 54.8 Å². The molecule has 2 aromatic heterocycles. The highest BCUT2D eigenvalue weighted by atomic mass is 16.6. The summed E-state index contributed by atoms with van der Waals surface area (Å²) in [6, 6.07) is 6.19. The third-order valence-electron chi connectivity index (χ3n) is 5.51. The predicted molar refractivity (Wildman–Crippen MR) is 126 cm³/mol. The van der Waals surface area contributed by atoms with E-state index in [1.54, 1.807) is 15.8 Å². The van der Waals surface area contributed by atoms with E-state index in [2.05, 4.69) is 34.1 Å². The highest BCUT2D eigenvalue weighted by Gasteiger charge is 2.26. The number of hydrogen-bond acceptors (Lipinski definition) is 5. The molecule has 166 valence electrons. The molecule has 0 radical (unpaired) electrons. The quantitative estimate of drug-likeness (QED) is 0.583. The lowest BCUT2D eigenvalue weighted by molar-refractivity contribution is 0.0199. The molecule has 1 aromatic carbocycles. The van der Waals surface area contributed by atoms with E-state index in [0.717, 1.165) is 40.3 Å². The van der Waals surface area contributed by atoms with Crippen LogP contribution in [-0.4, -0.2) is 44.4 Å². The Balaban J connectivity index is 1.54. The number of nitrogens with zero attached hydrogens (tertiary/aromatic N) is 4. The number of carbonyl (C=O) groups excluding carboxylic acids is 1. The highest BCUT2D eigenvalue weighted by Crippen LogP contribution is 2.28. The van der Waals surface area contributed by atoms with Gasteiger partial charge in [0.1, 0.15) is 11.4 Å². The molecule has 1 aliphatic heterocycles. The number of amides is 1. The number of pyridine rings is 1. The molecule has 0 saturated carbocycles. The van der Waals surface area contributed by atoms with Crippen LogP contribution in [0.4, 0.5) is 10.6 Å². The second-order valence-electron chi connectivity index (χ2n) is 9.23. The zero-order chi connectivity index (χ0) is 22.9. The number of fused-ring (bicyclic) bond motifs is 1. The van der Waals surface area contributed by atoms with Crippen LogP contribution >= 0.6 is 0 Å². The summed E-state index contributed by atoms with van der Waals surface area (Å²) in [5, 5.41) is 6.24. The van der Waals surface area contributed by atoms with Gasteiger partial charge in [-0.3, -0.25) is 4.68 Å². The smallest absolute Gasteiger partial charge is 0.410 e. The van der Waals surface area contributed by atoms with Crippen LogP contribution in [0.1, 0.15) is 39.2 Å². The highest BCUT2D eigenvalue weighted by molar-refractivity contribution is 5.94. The number of aromatic nitrogens is 3. The van der Waals surface area contributed by atoms with Gasteiger partial charge >= 0.3 is 6.09 Å². The van der Waals surface area contributed by atoms with Crippen LogP contribution < -0.4 is 5.73 Å². The number of likely N-dealkylation sites (tertiary alicyclic amines) is 1. The van der Waals surface area contributed by atoms with Crippen molar-refractivity contribution < 1.29 is 9.53 Å². The molecule has 7 nitrogen and oxygen atoms in total. The number of nitrogen functional groups attached to an aromatic ring is 1. The van der Waals surface area contributed by atoms with Crippen LogP contribution in [-0.2, 0) is 11.8 Å². The second-order valence-corrected chi connectivity index (χ2v) is 9.23. The first-order valence-corrected chi connectivity index (χ1v) is 10.9. The number of carbonyl (C=O) groups is 1. The van der Waals surface area contributed by atoms with Crippen molar-refractivity contribution in [2.75, 3.05) is 18.8 Å². The first-order chi connectivity index (χ1) is 15.2. The van der Waals surface area contributed by atoms with Gasteiger partial charge in [-0.25, -0.2) is 9.78 Å². The van der Waals surface area contributed by atoms with Gasteiger partial charge in [-0.1, -0.05) is 24.0 Å². The molecule has 0 atom stereocenters. The summed E-state index contributed by atoms with van der Waals surface area (Å²) in [4.78, 5) is 18.4. The van der Waals surface area contributed by atoms with Crippen LogP contribution in [0.3, 0.4) is 0 Å². The van der Waals surface area contributed by atoms with Gasteiger partial charge in [-0.05, 0) is 45.2 Å². The van der Waals surface area contributed by atoms with E-state index in [9.17, 15) is 4.79 Å². The van der Waals surface area contributed by atoms with E-state index in [1.165, 1.54) is 0 Å². The topological polar surface area (TPSA) is 86.3 Å². The van der Waals surface area contributed by atoms with Gasteiger partial charge in [0.15, 0.2) is 0 Å². The number of nitrogens with two attached hydrogens (primary N) is 1. The van der Waals surface area contributed by atoms with E-state index in [4.69, 9.17) is 10.5 Å². The van der Waals surface area contributed by atoms with Gasteiger partial charge in [0.2, 0.25) is 0 Å². The van der Waals surface area contributed by atoms with Crippen LogP contribution in [0.15, 0.2) is 36.8 Å². The number of benzene rings is 1. The molecule has 0 spiro atoms. The van der Waals surface area contributed by atoms with E-state index >= 15 is 0 Å². The molecule has 2 N–H and O–H groups in total. The Morgan fingerprint density at radius 3 is 2.59 bits per heavy atom. The average Bonchev–Trinajstić information content (AvgIpc) is 3.18. The standard InChI is InChI=1S/C25H29N5O2/c1-25(2,3)32-24(31)30-11-9-17(10-12-30)5-8-21-22-13-18(20-15-28-29(4)16-20)6-7-19(22)14-27-23(21)26/h6-7,13-17H,9-12H2,1-4H3,(H2,26,27). The molecule has 0 bridgehead atoms. The first-order valence-electron chi connectivity index (χ1n) is 10.9. The normalized spacial score (nSPS) is 14.8. The van der Waals surface area contributed by atoms with E-state index < -0.39 is 5.60 Å². The third kappa shape index (κ3) is 4.86. The SMILES string of the molecule is Cn1cc(-c2ccc3cnc(N)c(C#CC4CCN(C(=O)OC(C)(C)C)CC4)c3c2)cn1. The summed E-state index contributed by atoms with van der Waals surface area (Å²) in [7, 11) is 1.90. The van der Waals surface area contributed by atoms with Crippen molar-refractivity contribution in [2.45, 2.75) is 39.2 Å². The van der Waals surface area contributed by atoms with Crippen molar-refractivity contribution in [1.29, 1.82) is 0 Å². The van der Waals surface area contributed by atoms with Crippen LogP contribution in [0, 0.1) is 17.8 Å². The Morgan fingerprint density at radius 2 is 1.94 bits per heavy atom. The van der Waals surface area contributed by atoms with Gasteiger partial charge < -0.3 is 15.4 Å². The Labute approximate surface area is 188 Å². The van der Waals surface area contributed by atoms with Crippen LogP contribution in [0.5, 0.6) is 0 Å². The van der Waals surface area contributed by atoms with Gasteiger partial charge in [-0.15, -0.1) is 0 Å².